The minimum absolute atomic E-state index is 0.0592. The molecule has 2 aromatic carbocycles. The lowest BCUT2D eigenvalue weighted by molar-refractivity contribution is -0.139. The third-order valence-corrected chi connectivity index (χ3v) is 6.99. The van der Waals surface area contributed by atoms with Gasteiger partial charge in [-0.2, -0.15) is 0 Å². The van der Waals surface area contributed by atoms with Gasteiger partial charge < -0.3 is 10.2 Å². The van der Waals surface area contributed by atoms with Crippen LogP contribution in [0.2, 0.25) is 10.0 Å². The van der Waals surface area contributed by atoms with Gasteiger partial charge in [-0.3, -0.25) is 13.9 Å². The highest BCUT2D eigenvalue weighted by molar-refractivity contribution is 7.92. The van der Waals surface area contributed by atoms with Gasteiger partial charge >= 0.3 is 0 Å². The molecule has 0 radical (unpaired) electrons. The molecule has 0 bridgehead atoms. The molecule has 2 rings (SSSR count). The van der Waals surface area contributed by atoms with E-state index in [1.807, 2.05) is 6.07 Å². The number of nitrogens with one attached hydrogen (secondary N) is 1. The number of hydrogen-bond donors (Lipinski definition) is 1. The molecule has 2 amide bonds. The molecule has 0 aliphatic rings. The zero-order valence-electron chi connectivity index (χ0n) is 18.6. The van der Waals surface area contributed by atoms with Crippen LogP contribution in [0, 0.1) is 13.8 Å². The number of amides is 2. The number of likely N-dealkylation sites (N-methyl/N-ethyl adjacent to an activating group) is 1. The van der Waals surface area contributed by atoms with Crippen molar-refractivity contribution in [3.8, 4) is 0 Å². The number of sulfonamides is 1. The van der Waals surface area contributed by atoms with Crippen LogP contribution in [0.3, 0.4) is 0 Å². The van der Waals surface area contributed by atoms with Crippen LogP contribution in [0.15, 0.2) is 36.4 Å². The van der Waals surface area contributed by atoms with Crippen molar-refractivity contribution in [1.82, 2.24) is 10.2 Å². The first-order valence-corrected chi connectivity index (χ1v) is 12.5. The van der Waals surface area contributed by atoms with E-state index in [9.17, 15) is 18.0 Å². The van der Waals surface area contributed by atoms with E-state index in [1.165, 1.54) is 11.9 Å². The smallest absolute Gasteiger partial charge is 0.244 e. The molecule has 174 valence electrons. The van der Waals surface area contributed by atoms with Gasteiger partial charge in [0.05, 0.1) is 11.9 Å². The first-order valence-electron chi connectivity index (χ1n) is 9.86. The molecular weight excluding hydrogens is 473 g/mol. The second-order valence-electron chi connectivity index (χ2n) is 7.52. The van der Waals surface area contributed by atoms with Crippen molar-refractivity contribution in [2.24, 2.45) is 0 Å². The van der Waals surface area contributed by atoms with Crippen LogP contribution in [0.25, 0.3) is 0 Å². The summed E-state index contributed by atoms with van der Waals surface area (Å²) < 4.78 is 26.4. The van der Waals surface area contributed by atoms with Crippen molar-refractivity contribution in [3.05, 3.63) is 63.1 Å². The van der Waals surface area contributed by atoms with Gasteiger partial charge in [-0.1, -0.05) is 47.5 Å². The minimum atomic E-state index is -3.80. The van der Waals surface area contributed by atoms with Gasteiger partial charge in [0.25, 0.3) is 0 Å². The van der Waals surface area contributed by atoms with Gasteiger partial charge in [-0.15, -0.1) is 0 Å². The monoisotopic (exact) mass is 499 g/mol. The Balaban J connectivity index is 2.50. The second-order valence-corrected chi connectivity index (χ2v) is 10.2. The molecule has 0 heterocycles. The summed E-state index contributed by atoms with van der Waals surface area (Å²) in [5.41, 5.74) is 2.33. The number of hydrogen-bond acceptors (Lipinski definition) is 4. The first kappa shape index (κ1) is 26.0. The fourth-order valence-corrected chi connectivity index (χ4v) is 4.90. The Morgan fingerprint density at radius 3 is 2.00 bits per heavy atom. The summed E-state index contributed by atoms with van der Waals surface area (Å²) in [5, 5.41) is 3.20. The fourth-order valence-electron chi connectivity index (χ4n) is 3.42. The number of aryl methyl sites for hydroxylation is 2. The molecule has 1 atom stereocenters. The van der Waals surface area contributed by atoms with Crippen LogP contribution in [0.5, 0.6) is 0 Å². The van der Waals surface area contributed by atoms with Crippen molar-refractivity contribution < 1.29 is 18.0 Å². The topological polar surface area (TPSA) is 86.8 Å². The van der Waals surface area contributed by atoms with Crippen molar-refractivity contribution in [1.29, 1.82) is 0 Å². The van der Waals surface area contributed by atoms with Crippen LogP contribution in [0.4, 0.5) is 5.69 Å². The van der Waals surface area contributed by atoms with Crippen molar-refractivity contribution in [2.45, 2.75) is 33.4 Å². The molecule has 1 N–H and O–H groups in total. The largest absolute Gasteiger partial charge is 0.357 e. The molecule has 0 saturated carbocycles. The van der Waals surface area contributed by atoms with Crippen LogP contribution in [-0.4, -0.2) is 51.0 Å². The van der Waals surface area contributed by atoms with Crippen molar-refractivity contribution >= 4 is 50.7 Å². The van der Waals surface area contributed by atoms with E-state index in [-0.39, 0.29) is 6.54 Å². The maximum Gasteiger partial charge on any atom is 0.244 e. The third kappa shape index (κ3) is 5.94. The van der Waals surface area contributed by atoms with E-state index in [2.05, 4.69) is 5.32 Å². The lowest BCUT2D eigenvalue weighted by Gasteiger charge is -2.32. The average Bonchev–Trinajstić information content (AvgIpc) is 2.70. The molecule has 10 heteroatoms. The maximum atomic E-state index is 13.4. The minimum Gasteiger partial charge on any atom is -0.357 e. The average molecular weight is 500 g/mol. The van der Waals surface area contributed by atoms with Gasteiger partial charge in [0.2, 0.25) is 21.8 Å². The quantitative estimate of drug-likeness (QED) is 0.601. The molecule has 0 unspecified atom stereocenters. The summed E-state index contributed by atoms with van der Waals surface area (Å²) in [6.07, 6.45) is 1.05. The van der Waals surface area contributed by atoms with Gasteiger partial charge in [-0.05, 0) is 44.0 Å². The number of benzene rings is 2. The van der Waals surface area contributed by atoms with E-state index in [1.54, 1.807) is 51.1 Å². The first-order chi connectivity index (χ1) is 14.9. The second kappa shape index (κ2) is 10.6. The molecule has 0 fully saturated rings. The molecule has 2 aromatic rings. The Kier molecular flexibility index (Phi) is 8.56. The maximum absolute atomic E-state index is 13.4. The van der Waals surface area contributed by atoms with Crippen LogP contribution < -0.4 is 9.62 Å². The highest BCUT2D eigenvalue weighted by Gasteiger charge is 2.31. The summed E-state index contributed by atoms with van der Waals surface area (Å²) in [6, 6.07) is 9.42. The Morgan fingerprint density at radius 2 is 1.53 bits per heavy atom. The summed E-state index contributed by atoms with van der Waals surface area (Å²) in [6.45, 7) is 4.58. The summed E-state index contributed by atoms with van der Waals surface area (Å²) in [4.78, 5) is 27.1. The van der Waals surface area contributed by atoms with E-state index in [4.69, 9.17) is 23.2 Å². The summed E-state index contributed by atoms with van der Waals surface area (Å²) in [5.74, 6) is -0.968. The number of para-hydroxylation sites is 1. The lowest BCUT2D eigenvalue weighted by atomic mass is 10.1. The van der Waals surface area contributed by atoms with E-state index in [0.717, 1.165) is 10.6 Å². The van der Waals surface area contributed by atoms with Crippen LogP contribution >= 0.6 is 23.2 Å². The predicted molar refractivity (Wildman–Crippen MR) is 129 cm³/mol. The number of nitrogens with zero attached hydrogens (tertiary/aromatic N) is 2. The van der Waals surface area contributed by atoms with Gasteiger partial charge in [-0.25, -0.2) is 8.42 Å². The Hall–Kier alpha value is -2.29. The molecule has 32 heavy (non-hydrogen) atoms. The lowest BCUT2D eigenvalue weighted by Crippen LogP contribution is -2.50. The fraction of sp³-hybridized carbons (Fsp3) is 0.364. The van der Waals surface area contributed by atoms with E-state index in [0.29, 0.717) is 32.4 Å². The number of carbonyl (C=O) groups is 2. The van der Waals surface area contributed by atoms with Crippen molar-refractivity contribution in [3.63, 3.8) is 0 Å². The van der Waals surface area contributed by atoms with Crippen molar-refractivity contribution in [2.75, 3.05) is 24.2 Å². The Bertz CT molecular complexity index is 1080. The zero-order chi connectivity index (χ0) is 24.2. The highest BCUT2D eigenvalue weighted by Crippen LogP contribution is 2.29. The van der Waals surface area contributed by atoms with Gasteiger partial charge in [0.15, 0.2) is 0 Å². The summed E-state index contributed by atoms with van der Waals surface area (Å²) in [7, 11) is -2.34. The molecule has 0 saturated heterocycles. The van der Waals surface area contributed by atoms with Gasteiger partial charge in [0, 0.05) is 29.2 Å². The molecular formula is C22H27Cl2N3O4S. The zero-order valence-corrected chi connectivity index (χ0v) is 21.0. The van der Waals surface area contributed by atoms with E-state index >= 15 is 0 Å². The molecule has 0 aliphatic heterocycles. The third-order valence-electron chi connectivity index (χ3n) is 5.17. The molecule has 0 aromatic heterocycles. The normalized spacial score (nSPS) is 12.2. The SMILES string of the molecule is CNC(=O)[C@@H](C)N(Cc1c(Cl)cccc1Cl)C(=O)CN(c1c(C)cccc1C)S(C)(=O)=O. The van der Waals surface area contributed by atoms with Crippen LogP contribution in [-0.2, 0) is 26.2 Å². The standard InChI is InChI=1S/C22H27Cl2N3O4S/c1-14-8-6-9-15(2)21(14)27(32(5,30)31)13-20(28)26(16(3)22(29)25-4)12-17-18(23)10-7-11-19(17)24/h6-11,16H,12-13H2,1-5H3,(H,25,29)/t16-/m1/s1. The number of halogens is 2. The number of rotatable bonds is 8. The van der Waals surface area contributed by atoms with Gasteiger partial charge in [0.1, 0.15) is 12.6 Å². The highest BCUT2D eigenvalue weighted by atomic mass is 35.5. The molecule has 7 nitrogen and oxygen atoms in total. The Morgan fingerprint density at radius 1 is 1.03 bits per heavy atom. The van der Waals surface area contributed by atoms with E-state index < -0.39 is 34.4 Å². The number of anilines is 1. The Labute approximate surface area is 199 Å². The molecule has 0 spiro atoms. The predicted octanol–water partition coefficient (Wildman–Crippen LogP) is 3.54. The number of carbonyl (C=O) groups excluding carboxylic acids is 2. The van der Waals surface area contributed by atoms with Crippen LogP contribution in [0.1, 0.15) is 23.6 Å². The molecule has 0 aliphatic carbocycles. The summed E-state index contributed by atoms with van der Waals surface area (Å²) >= 11 is 12.6.